The third kappa shape index (κ3) is 37.4. The van der Waals surface area contributed by atoms with Crippen molar-refractivity contribution < 1.29 is 19.4 Å². The van der Waals surface area contributed by atoms with Crippen LogP contribution in [-0.4, -0.2) is 23.1 Å². The van der Waals surface area contributed by atoms with Crippen molar-refractivity contribution in [1.82, 2.24) is 0 Å². The van der Waals surface area contributed by atoms with E-state index in [9.17, 15) is 9.59 Å². The number of rotatable bonds is 39. The molecule has 0 bridgehead atoms. The smallest absolute Gasteiger partial charge is 0.306 e. The number of esters is 1. The third-order valence-electron chi connectivity index (χ3n) is 9.83. The normalized spacial score (nSPS) is 12.0. The highest BCUT2D eigenvalue weighted by molar-refractivity contribution is 5.69. The second-order valence-corrected chi connectivity index (χ2v) is 14.5. The van der Waals surface area contributed by atoms with Gasteiger partial charge in [-0.2, -0.15) is 0 Å². The maximum atomic E-state index is 12.7. The van der Waals surface area contributed by atoms with Gasteiger partial charge in [-0.05, 0) is 38.5 Å². The van der Waals surface area contributed by atoms with Crippen LogP contribution in [0, 0.1) is 0 Å². The summed E-state index contributed by atoms with van der Waals surface area (Å²) >= 11 is 0. The fourth-order valence-electron chi connectivity index (χ4n) is 6.72. The Kier molecular flexibility index (Phi) is 37.5. The number of carboxylic acids is 1. The molecule has 0 saturated carbocycles. The number of carbonyl (C=O) groups excluding carboxylic acids is 1. The first-order valence-electron chi connectivity index (χ1n) is 21.0. The maximum absolute atomic E-state index is 12.7. The Labute approximate surface area is 288 Å². The predicted octanol–water partition coefficient (Wildman–Crippen LogP) is 14.5. The molecule has 0 aliphatic heterocycles. The first kappa shape index (κ1) is 44.9. The number of hydrogen-bond acceptors (Lipinski definition) is 3. The van der Waals surface area contributed by atoms with Gasteiger partial charge in [0.2, 0.25) is 0 Å². The van der Waals surface area contributed by atoms with Crippen LogP contribution in [0.25, 0.3) is 0 Å². The topological polar surface area (TPSA) is 63.6 Å². The minimum Gasteiger partial charge on any atom is -0.481 e. The molecule has 46 heavy (non-hydrogen) atoms. The first-order chi connectivity index (χ1) is 22.6. The van der Waals surface area contributed by atoms with Gasteiger partial charge in [0.25, 0.3) is 0 Å². The molecule has 0 heterocycles. The monoisotopic (exact) mass is 651 g/mol. The van der Waals surface area contributed by atoms with E-state index in [1.807, 2.05) is 0 Å². The van der Waals surface area contributed by atoms with E-state index in [0.29, 0.717) is 6.42 Å². The lowest BCUT2D eigenvalue weighted by atomic mass is 10.0. The molecule has 1 unspecified atom stereocenters. The van der Waals surface area contributed by atoms with Gasteiger partial charge in [-0.25, -0.2) is 0 Å². The zero-order valence-electron chi connectivity index (χ0n) is 31.4. The van der Waals surface area contributed by atoms with E-state index < -0.39 is 5.97 Å². The average Bonchev–Trinajstić information content (AvgIpc) is 3.04. The van der Waals surface area contributed by atoms with Gasteiger partial charge in [0.1, 0.15) is 6.10 Å². The fourth-order valence-corrected chi connectivity index (χ4v) is 6.72. The predicted molar refractivity (Wildman–Crippen MR) is 200 cm³/mol. The quantitative estimate of drug-likeness (QED) is 0.0531. The lowest BCUT2D eigenvalue weighted by molar-refractivity contribution is -0.150. The Hall–Kier alpha value is -1.06. The van der Waals surface area contributed by atoms with Crippen LogP contribution in [0.1, 0.15) is 251 Å². The highest BCUT2D eigenvalue weighted by Crippen LogP contribution is 2.19. The van der Waals surface area contributed by atoms with Crippen LogP contribution >= 0.6 is 0 Å². The molecule has 0 rings (SSSR count). The van der Waals surface area contributed by atoms with Crippen LogP contribution in [-0.2, 0) is 14.3 Å². The lowest BCUT2D eigenvalue weighted by Gasteiger charge is -2.18. The molecule has 1 atom stereocenters. The summed E-state index contributed by atoms with van der Waals surface area (Å²) < 4.78 is 5.99. The van der Waals surface area contributed by atoms with Crippen molar-refractivity contribution in [2.24, 2.45) is 0 Å². The van der Waals surface area contributed by atoms with Gasteiger partial charge >= 0.3 is 11.9 Å². The molecule has 0 fully saturated rings. The van der Waals surface area contributed by atoms with Gasteiger partial charge in [-0.1, -0.05) is 200 Å². The second-order valence-electron chi connectivity index (χ2n) is 14.5. The molecule has 0 saturated heterocycles. The summed E-state index contributed by atoms with van der Waals surface area (Å²) in [7, 11) is 0. The summed E-state index contributed by atoms with van der Waals surface area (Å²) in [5, 5.41) is 8.86. The SMILES string of the molecule is CCCCCCCCCCCCCCCCCC(=O)OC(CCCCCCCCCCCCCCCC)CCCCCCC(=O)O. The van der Waals surface area contributed by atoms with Crippen LogP contribution in [0.5, 0.6) is 0 Å². The molecule has 274 valence electrons. The second kappa shape index (κ2) is 38.4. The van der Waals surface area contributed by atoms with E-state index in [1.165, 1.54) is 167 Å². The molecule has 0 aliphatic carbocycles. The summed E-state index contributed by atoms with van der Waals surface area (Å²) in [5.74, 6) is -0.709. The van der Waals surface area contributed by atoms with E-state index in [4.69, 9.17) is 9.84 Å². The van der Waals surface area contributed by atoms with Crippen molar-refractivity contribution in [3.8, 4) is 0 Å². The van der Waals surface area contributed by atoms with E-state index in [1.54, 1.807) is 0 Å². The number of carboxylic acid groups (broad SMARTS) is 1. The average molecular weight is 651 g/mol. The molecule has 0 spiro atoms. The van der Waals surface area contributed by atoms with Crippen molar-refractivity contribution in [1.29, 1.82) is 0 Å². The lowest BCUT2D eigenvalue weighted by Crippen LogP contribution is -2.18. The van der Waals surface area contributed by atoms with E-state index >= 15 is 0 Å². The van der Waals surface area contributed by atoms with Gasteiger partial charge in [-0.3, -0.25) is 9.59 Å². The van der Waals surface area contributed by atoms with Gasteiger partial charge in [0.05, 0.1) is 0 Å². The molecular weight excluding hydrogens is 568 g/mol. The maximum Gasteiger partial charge on any atom is 0.306 e. The summed E-state index contributed by atoms with van der Waals surface area (Å²) in [6, 6.07) is 0. The summed E-state index contributed by atoms with van der Waals surface area (Å²) in [6.07, 6.45) is 45.5. The Balaban J connectivity index is 3.92. The minimum atomic E-state index is -0.705. The van der Waals surface area contributed by atoms with Crippen LogP contribution in [0.2, 0.25) is 0 Å². The van der Waals surface area contributed by atoms with Crippen molar-refractivity contribution >= 4 is 11.9 Å². The first-order valence-corrected chi connectivity index (χ1v) is 21.0. The Bertz CT molecular complexity index is 619. The van der Waals surface area contributed by atoms with E-state index in [0.717, 1.165) is 57.8 Å². The highest BCUT2D eigenvalue weighted by atomic mass is 16.5. The molecule has 0 aromatic carbocycles. The Morgan fingerprint density at radius 1 is 0.391 bits per heavy atom. The summed E-state index contributed by atoms with van der Waals surface area (Å²) in [5.41, 5.74) is 0. The van der Waals surface area contributed by atoms with Crippen molar-refractivity contribution in [3.63, 3.8) is 0 Å². The molecular formula is C42H82O4. The summed E-state index contributed by atoms with van der Waals surface area (Å²) in [6.45, 7) is 4.57. The van der Waals surface area contributed by atoms with Gasteiger partial charge in [-0.15, -0.1) is 0 Å². The molecule has 1 N–H and O–H groups in total. The standard InChI is InChI=1S/C42H82O4/c1-3-5-7-9-11-13-15-17-19-21-23-25-27-29-35-39-42(45)46-40(37-33-30-31-34-38-41(43)44)36-32-28-26-24-22-20-18-16-14-12-10-8-6-4-2/h40H,3-39H2,1-2H3,(H,43,44). The molecule has 0 radical (unpaired) electrons. The largest absolute Gasteiger partial charge is 0.481 e. The molecule has 4 nitrogen and oxygen atoms in total. The zero-order valence-corrected chi connectivity index (χ0v) is 31.4. The van der Waals surface area contributed by atoms with E-state index in [-0.39, 0.29) is 18.5 Å². The third-order valence-corrected chi connectivity index (χ3v) is 9.83. The van der Waals surface area contributed by atoms with Crippen molar-refractivity contribution in [3.05, 3.63) is 0 Å². The molecule has 0 aromatic rings. The minimum absolute atomic E-state index is 0.00376. The molecule has 0 aromatic heterocycles. The number of unbranched alkanes of at least 4 members (excludes halogenated alkanes) is 30. The fraction of sp³-hybridized carbons (Fsp3) is 0.952. The molecule has 0 amide bonds. The highest BCUT2D eigenvalue weighted by Gasteiger charge is 2.14. The number of ether oxygens (including phenoxy) is 1. The zero-order chi connectivity index (χ0) is 33.6. The van der Waals surface area contributed by atoms with Gasteiger partial charge in [0, 0.05) is 12.8 Å². The van der Waals surface area contributed by atoms with Crippen LogP contribution < -0.4 is 0 Å². The van der Waals surface area contributed by atoms with Crippen LogP contribution in [0.4, 0.5) is 0 Å². The Morgan fingerprint density at radius 2 is 0.652 bits per heavy atom. The van der Waals surface area contributed by atoms with Gasteiger partial charge in [0.15, 0.2) is 0 Å². The van der Waals surface area contributed by atoms with Crippen LogP contribution in [0.3, 0.4) is 0 Å². The number of carbonyl (C=O) groups is 2. The number of aliphatic carboxylic acids is 1. The summed E-state index contributed by atoms with van der Waals surface area (Å²) in [4.78, 5) is 23.4. The Morgan fingerprint density at radius 3 is 0.957 bits per heavy atom. The van der Waals surface area contributed by atoms with E-state index in [2.05, 4.69) is 13.8 Å². The number of hydrogen-bond donors (Lipinski definition) is 1. The van der Waals surface area contributed by atoms with Crippen LogP contribution in [0.15, 0.2) is 0 Å². The van der Waals surface area contributed by atoms with Crippen molar-refractivity contribution in [2.75, 3.05) is 0 Å². The molecule has 4 heteroatoms. The van der Waals surface area contributed by atoms with Crippen molar-refractivity contribution in [2.45, 2.75) is 258 Å². The van der Waals surface area contributed by atoms with Gasteiger partial charge < -0.3 is 9.84 Å². The molecule has 0 aliphatic rings.